The minimum absolute atomic E-state index is 0.0183. The average molecular weight is 401 g/mol. The van der Waals surface area contributed by atoms with E-state index in [2.05, 4.69) is 11.1 Å². The van der Waals surface area contributed by atoms with E-state index in [-0.39, 0.29) is 5.92 Å². The van der Waals surface area contributed by atoms with E-state index in [0.717, 1.165) is 10.5 Å². The van der Waals surface area contributed by atoms with Gasteiger partial charge in [-0.3, -0.25) is 4.98 Å². The molecule has 2 atom stereocenters. The van der Waals surface area contributed by atoms with E-state index in [1.165, 1.54) is 6.07 Å². The van der Waals surface area contributed by atoms with Gasteiger partial charge in [0.15, 0.2) is 0 Å². The van der Waals surface area contributed by atoms with Gasteiger partial charge in [-0.2, -0.15) is 0 Å². The van der Waals surface area contributed by atoms with Crippen LogP contribution >= 0.6 is 22.9 Å². The molecule has 1 N–H and O–H groups in total. The maximum Gasteiger partial charge on any atom is 0.133 e. The number of halogens is 2. The standard InChI is InChI=1S/C21H18ClFN2OS/c1-25-12-16(18-5-3-9-27-18)19(21(26)13-4-2-8-24-11-13)20(25)15-7-6-14(22)10-17(15)23/h2-11,16,21,26H,12H2,1H3. The van der Waals surface area contributed by atoms with Crippen molar-refractivity contribution < 1.29 is 9.50 Å². The summed E-state index contributed by atoms with van der Waals surface area (Å²) in [6, 6.07) is 12.3. The molecule has 0 radical (unpaired) electrons. The number of hydrogen-bond acceptors (Lipinski definition) is 4. The Morgan fingerprint density at radius 1 is 1.30 bits per heavy atom. The van der Waals surface area contributed by atoms with Crippen LogP contribution < -0.4 is 0 Å². The molecule has 0 saturated heterocycles. The first kappa shape index (κ1) is 18.2. The molecule has 2 unspecified atom stereocenters. The van der Waals surface area contributed by atoms with E-state index in [9.17, 15) is 9.50 Å². The van der Waals surface area contributed by atoms with Crippen LogP contribution in [0.25, 0.3) is 5.70 Å². The summed E-state index contributed by atoms with van der Waals surface area (Å²) >= 11 is 7.58. The molecule has 0 bridgehead atoms. The van der Waals surface area contributed by atoms with Crippen molar-refractivity contribution in [3.05, 3.63) is 92.7 Å². The number of rotatable bonds is 4. The highest BCUT2D eigenvalue weighted by Crippen LogP contribution is 2.47. The Morgan fingerprint density at radius 2 is 2.15 bits per heavy atom. The number of aliphatic hydroxyl groups excluding tert-OH is 1. The predicted octanol–water partition coefficient (Wildman–Crippen LogP) is 5.11. The third-order valence-corrected chi connectivity index (χ3v) is 6.08. The van der Waals surface area contributed by atoms with E-state index < -0.39 is 11.9 Å². The van der Waals surface area contributed by atoms with Crippen molar-refractivity contribution in [1.82, 2.24) is 9.88 Å². The van der Waals surface area contributed by atoms with E-state index in [1.54, 1.807) is 41.9 Å². The van der Waals surface area contributed by atoms with Gasteiger partial charge in [0.2, 0.25) is 0 Å². The molecule has 3 nitrogen and oxygen atoms in total. The quantitative estimate of drug-likeness (QED) is 0.661. The summed E-state index contributed by atoms with van der Waals surface area (Å²) in [4.78, 5) is 7.27. The molecule has 0 saturated carbocycles. The molecule has 4 rings (SSSR count). The van der Waals surface area contributed by atoms with Crippen LogP contribution in [-0.4, -0.2) is 28.6 Å². The highest BCUT2D eigenvalue weighted by atomic mass is 35.5. The molecule has 138 valence electrons. The van der Waals surface area contributed by atoms with E-state index in [0.29, 0.717) is 28.4 Å². The van der Waals surface area contributed by atoms with Crippen LogP contribution in [0.1, 0.15) is 28.0 Å². The summed E-state index contributed by atoms with van der Waals surface area (Å²) < 4.78 is 14.7. The van der Waals surface area contributed by atoms with Crippen molar-refractivity contribution >= 4 is 28.6 Å². The molecular weight excluding hydrogens is 383 g/mol. The average Bonchev–Trinajstić information content (AvgIpc) is 3.30. The highest BCUT2D eigenvalue weighted by molar-refractivity contribution is 7.10. The zero-order valence-corrected chi connectivity index (χ0v) is 16.2. The first-order valence-electron chi connectivity index (χ1n) is 8.58. The lowest BCUT2D eigenvalue weighted by Gasteiger charge is -2.20. The Morgan fingerprint density at radius 3 is 2.81 bits per heavy atom. The van der Waals surface area contributed by atoms with Crippen LogP contribution in [0.3, 0.4) is 0 Å². The lowest BCUT2D eigenvalue weighted by molar-refractivity contribution is 0.210. The van der Waals surface area contributed by atoms with Gasteiger partial charge in [0.05, 0.1) is 0 Å². The number of benzene rings is 1. The van der Waals surface area contributed by atoms with Crippen molar-refractivity contribution in [1.29, 1.82) is 0 Å². The molecule has 0 aliphatic carbocycles. The van der Waals surface area contributed by atoms with Gasteiger partial charge in [0.1, 0.15) is 11.9 Å². The zero-order chi connectivity index (χ0) is 19.0. The monoisotopic (exact) mass is 400 g/mol. The summed E-state index contributed by atoms with van der Waals surface area (Å²) in [5.41, 5.74) is 2.63. The van der Waals surface area contributed by atoms with Gasteiger partial charge in [0, 0.05) is 58.6 Å². The number of pyridine rings is 1. The van der Waals surface area contributed by atoms with Crippen molar-refractivity contribution in [3.63, 3.8) is 0 Å². The maximum atomic E-state index is 14.7. The Bertz CT molecular complexity index is 975. The van der Waals surface area contributed by atoms with Crippen LogP contribution in [0, 0.1) is 5.82 Å². The molecule has 0 fully saturated rings. The summed E-state index contributed by atoms with van der Waals surface area (Å²) in [6.45, 7) is 0.671. The van der Waals surface area contributed by atoms with Gasteiger partial charge in [-0.25, -0.2) is 4.39 Å². The fourth-order valence-electron chi connectivity index (χ4n) is 3.66. The molecule has 6 heteroatoms. The minimum atomic E-state index is -0.874. The highest BCUT2D eigenvalue weighted by Gasteiger charge is 2.37. The molecule has 27 heavy (non-hydrogen) atoms. The second kappa shape index (κ2) is 7.43. The minimum Gasteiger partial charge on any atom is -0.384 e. The number of aliphatic hydroxyl groups is 1. The molecule has 1 aromatic carbocycles. The SMILES string of the molecule is CN1CC(c2cccs2)C(C(O)c2cccnc2)=C1c1ccc(Cl)cc1F. The second-order valence-electron chi connectivity index (χ2n) is 6.57. The number of thiophene rings is 1. The number of hydrogen-bond donors (Lipinski definition) is 1. The first-order valence-corrected chi connectivity index (χ1v) is 9.84. The first-order chi connectivity index (χ1) is 13.1. The van der Waals surface area contributed by atoms with Crippen LogP contribution in [-0.2, 0) is 0 Å². The van der Waals surface area contributed by atoms with Crippen molar-refractivity contribution in [3.8, 4) is 0 Å². The molecule has 3 heterocycles. The smallest absolute Gasteiger partial charge is 0.133 e. The number of aromatic nitrogens is 1. The van der Waals surface area contributed by atoms with Gasteiger partial charge in [-0.1, -0.05) is 23.7 Å². The molecule has 1 aliphatic heterocycles. The summed E-state index contributed by atoms with van der Waals surface area (Å²) in [6.07, 6.45) is 2.44. The fourth-order valence-corrected chi connectivity index (χ4v) is 4.66. The Hall–Kier alpha value is -2.21. The molecule has 0 amide bonds. The Labute approximate surface area is 166 Å². The van der Waals surface area contributed by atoms with Crippen LogP contribution in [0.2, 0.25) is 5.02 Å². The fraction of sp³-hybridized carbons (Fsp3) is 0.190. The van der Waals surface area contributed by atoms with E-state index in [1.807, 2.05) is 29.5 Å². The Balaban J connectivity index is 1.91. The molecule has 1 aliphatic rings. The molecule has 2 aromatic heterocycles. The van der Waals surface area contributed by atoms with Crippen molar-refractivity contribution in [2.75, 3.05) is 13.6 Å². The van der Waals surface area contributed by atoms with Gasteiger partial charge in [-0.15, -0.1) is 11.3 Å². The summed E-state index contributed by atoms with van der Waals surface area (Å²) in [7, 11) is 1.92. The third-order valence-electron chi connectivity index (χ3n) is 4.85. The Kier molecular flexibility index (Phi) is 5.00. The lowest BCUT2D eigenvalue weighted by Crippen LogP contribution is -2.15. The predicted molar refractivity (Wildman–Crippen MR) is 107 cm³/mol. The van der Waals surface area contributed by atoms with E-state index in [4.69, 9.17) is 11.6 Å². The third kappa shape index (κ3) is 3.38. The zero-order valence-electron chi connectivity index (χ0n) is 14.6. The largest absolute Gasteiger partial charge is 0.384 e. The van der Waals surface area contributed by atoms with Gasteiger partial charge in [0.25, 0.3) is 0 Å². The number of nitrogens with zero attached hydrogens (tertiary/aromatic N) is 2. The maximum absolute atomic E-state index is 14.7. The summed E-state index contributed by atoms with van der Waals surface area (Å²) in [5, 5.41) is 13.6. The van der Waals surface area contributed by atoms with Crippen LogP contribution in [0.5, 0.6) is 0 Å². The van der Waals surface area contributed by atoms with E-state index >= 15 is 0 Å². The van der Waals surface area contributed by atoms with Crippen LogP contribution in [0.15, 0.2) is 65.8 Å². The lowest BCUT2D eigenvalue weighted by atomic mass is 9.89. The topological polar surface area (TPSA) is 36.4 Å². The normalized spacial score (nSPS) is 18.2. The molecule has 3 aromatic rings. The van der Waals surface area contributed by atoms with Gasteiger partial charge in [-0.05, 0) is 41.3 Å². The van der Waals surface area contributed by atoms with Gasteiger partial charge < -0.3 is 10.0 Å². The molecular formula is C21H18ClFN2OS. The van der Waals surface area contributed by atoms with Crippen molar-refractivity contribution in [2.45, 2.75) is 12.0 Å². The second-order valence-corrected chi connectivity index (χ2v) is 7.98. The number of likely N-dealkylation sites (N-methyl/N-ethyl adjacent to an activating group) is 1. The molecule has 0 spiro atoms. The van der Waals surface area contributed by atoms with Crippen molar-refractivity contribution in [2.24, 2.45) is 0 Å². The van der Waals surface area contributed by atoms with Gasteiger partial charge >= 0.3 is 0 Å². The summed E-state index contributed by atoms with van der Waals surface area (Å²) in [5.74, 6) is -0.414. The van der Waals surface area contributed by atoms with Crippen LogP contribution in [0.4, 0.5) is 4.39 Å².